The molecule has 0 spiro atoms. The van der Waals surface area contributed by atoms with Crippen LogP contribution in [0.1, 0.15) is 17.4 Å². The van der Waals surface area contributed by atoms with Gasteiger partial charge in [-0.15, -0.1) is 11.8 Å². The van der Waals surface area contributed by atoms with Gasteiger partial charge in [0.2, 0.25) is 5.91 Å². The summed E-state index contributed by atoms with van der Waals surface area (Å²) in [7, 11) is 1.84. The predicted molar refractivity (Wildman–Crippen MR) is 104 cm³/mol. The molecule has 1 atom stereocenters. The van der Waals surface area contributed by atoms with Crippen LogP contribution in [0.5, 0.6) is 0 Å². The normalized spacial score (nSPS) is 12.0. The summed E-state index contributed by atoms with van der Waals surface area (Å²) < 4.78 is 16.5. The molecule has 1 unspecified atom stereocenters. The highest BCUT2D eigenvalue weighted by atomic mass is 79.9. The van der Waals surface area contributed by atoms with Crippen LogP contribution in [0.2, 0.25) is 0 Å². The summed E-state index contributed by atoms with van der Waals surface area (Å²) in [5.74, 6) is 0.422. The van der Waals surface area contributed by atoms with Gasteiger partial charge in [0.05, 0.1) is 5.75 Å². The van der Waals surface area contributed by atoms with E-state index < -0.39 is 6.04 Å². The number of imidazole rings is 1. The number of amides is 1. The van der Waals surface area contributed by atoms with Gasteiger partial charge in [0.25, 0.3) is 0 Å². The minimum Gasteiger partial charge on any atom is -0.341 e. The van der Waals surface area contributed by atoms with Crippen molar-refractivity contribution in [3.63, 3.8) is 0 Å². The highest BCUT2D eigenvalue weighted by Gasteiger charge is 2.21. The third-order valence-electron chi connectivity index (χ3n) is 3.79. The van der Waals surface area contributed by atoms with Gasteiger partial charge in [0.1, 0.15) is 17.7 Å². The Kier molecular flexibility index (Phi) is 6.11. The fourth-order valence-corrected chi connectivity index (χ4v) is 3.49. The standard InChI is InChI=1S/C19H17BrFN3OS/c1-24-10-9-22-19(24)18(13-3-2-4-15(21)11-13)23-17(25)12-26-16-7-5-14(20)6-8-16/h2-11,18H,12H2,1H3,(H,23,25). The summed E-state index contributed by atoms with van der Waals surface area (Å²) >= 11 is 4.84. The molecule has 7 heteroatoms. The van der Waals surface area contributed by atoms with E-state index >= 15 is 0 Å². The lowest BCUT2D eigenvalue weighted by Gasteiger charge is -2.19. The third kappa shape index (κ3) is 4.74. The third-order valence-corrected chi connectivity index (χ3v) is 5.33. The molecule has 2 aromatic carbocycles. The van der Waals surface area contributed by atoms with Crippen molar-refractivity contribution in [2.75, 3.05) is 5.75 Å². The zero-order chi connectivity index (χ0) is 18.5. The van der Waals surface area contributed by atoms with Crippen molar-refractivity contribution >= 4 is 33.6 Å². The van der Waals surface area contributed by atoms with Gasteiger partial charge in [-0.1, -0.05) is 28.1 Å². The highest BCUT2D eigenvalue weighted by molar-refractivity contribution is 9.10. The smallest absolute Gasteiger partial charge is 0.231 e. The number of carbonyl (C=O) groups excluding carboxylic acids is 1. The largest absolute Gasteiger partial charge is 0.341 e. The molecule has 0 aliphatic heterocycles. The molecule has 0 saturated heterocycles. The van der Waals surface area contributed by atoms with Crippen LogP contribution in [0.25, 0.3) is 0 Å². The quantitative estimate of drug-likeness (QED) is 0.588. The molecule has 0 radical (unpaired) electrons. The number of carbonyl (C=O) groups is 1. The average Bonchev–Trinajstić information content (AvgIpc) is 3.05. The second-order valence-electron chi connectivity index (χ2n) is 5.69. The van der Waals surface area contributed by atoms with Crippen LogP contribution >= 0.6 is 27.7 Å². The number of halogens is 2. The zero-order valence-electron chi connectivity index (χ0n) is 14.0. The molecule has 26 heavy (non-hydrogen) atoms. The summed E-state index contributed by atoms with van der Waals surface area (Å²) in [5.41, 5.74) is 0.654. The Morgan fingerprint density at radius 1 is 1.31 bits per heavy atom. The second kappa shape index (κ2) is 8.51. The van der Waals surface area contributed by atoms with Crippen LogP contribution in [0, 0.1) is 5.82 Å². The van der Waals surface area contributed by atoms with Gasteiger partial charge in [0.15, 0.2) is 0 Å². The summed E-state index contributed by atoms with van der Waals surface area (Å²) in [6.45, 7) is 0. The molecule has 0 aliphatic carbocycles. The van der Waals surface area contributed by atoms with E-state index in [0.29, 0.717) is 11.4 Å². The first-order valence-electron chi connectivity index (χ1n) is 7.93. The first-order valence-corrected chi connectivity index (χ1v) is 9.71. The monoisotopic (exact) mass is 433 g/mol. The van der Waals surface area contributed by atoms with Gasteiger partial charge >= 0.3 is 0 Å². The van der Waals surface area contributed by atoms with Gasteiger partial charge in [-0.25, -0.2) is 9.37 Å². The molecule has 4 nitrogen and oxygen atoms in total. The Morgan fingerprint density at radius 3 is 2.73 bits per heavy atom. The van der Waals surface area contributed by atoms with Crippen molar-refractivity contribution in [1.29, 1.82) is 0 Å². The van der Waals surface area contributed by atoms with Crippen molar-refractivity contribution in [2.24, 2.45) is 7.05 Å². The van der Waals surface area contributed by atoms with Gasteiger partial charge in [0, 0.05) is 28.8 Å². The maximum atomic E-state index is 13.7. The number of thioether (sulfide) groups is 1. The van der Waals surface area contributed by atoms with Crippen molar-refractivity contribution in [1.82, 2.24) is 14.9 Å². The average molecular weight is 434 g/mol. The van der Waals surface area contributed by atoms with E-state index in [-0.39, 0.29) is 17.5 Å². The Hall–Kier alpha value is -2.12. The van der Waals surface area contributed by atoms with Crippen LogP contribution in [-0.4, -0.2) is 21.2 Å². The molecule has 1 N–H and O–H groups in total. The number of rotatable bonds is 6. The number of benzene rings is 2. The molecule has 3 aromatic rings. The van der Waals surface area contributed by atoms with E-state index in [1.807, 2.05) is 35.9 Å². The molecule has 134 valence electrons. The summed E-state index contributed by atoms with van der Waals surface area (Å²) in [5, 5.41) is 2.97. The number of aromatic nitrogens is 2. The number of hydrogen-bond donors (Lipinski definition) is 1. The Labute approximate surface area is 164 Å². The van der Waals surface area contributed by atoms with Gasteiger partial charge < -0.3 is 9.88 Å². The van der Waals surface area contributed by atoms with E-state index in [2.05, 4.69) is 26.2 Å². The lowest BCUT2D eigenvalue weighted by molar-refractivity contribution is -0.119. The summed E-state index contributed by atoms with van der Waals surface area (Å²) in [4.78, 5) is 17.8. The number of aryl methyl sites for hydroxylation is 1. The molecule has 0 aliphatic rings. The summed E-state index contributed by atoms with van der Waals surface area (Å²) in [6.07, 6.45) is 3.45. The Bertz CT molecular complexity index is 898. The van der Waals surface area contributed by atoms with Crippen LogP contribution < -0.4 is 5.32 Å². The van der Waals surface area contributed by atoms with E-state index in [9.17, 15) is 9.18 Å². The number of nitrogens with zero attached hydrogens (tertiary/aromatic N) is 2. The van der Waals surface area contributed by atoms with Crippen LogP contribution in [0.15, 0.2) is 70.3 Å². The van der Waals surface area contributed by atoms with Crippen molar-refractivity contribution in [3.8, 4) is 0 Å². The maximum absolute atomic E-state index is 13.7. The Morgan fingerprint density at radius 2 is 2.08 bits per heavy atom. The SMILES string of the molecule is Cn1ccnc1C(NC(=O)CSc1ccc(Br)cc1)c1cccc(F)c1. The highest BCUT2D eigenvalue weighted by Crippen LogP contribution is 2.23. The minimum atomic E-state index is -0.510. The fourth-order valence-electron chi connectivity index (χ4n) is 2.52. The molecule has 0 bridgehead atoms. The van der Waals surface area contributed by atoms with Gasteiger partial charge in [-0.05, 0) is 42.0 Å². The molecule has 0 fully saturated rings. The van der Waals surface area contributed by atoms with E-state index in [0.717, 1.165) is 9.37 Å². The molecular formula is C19H17BrFN3OS. The van der Waals surface area contributed by atoms with Crippen molar-refractivity contribution in [3.05, 3.63) is 82.6 Å². The number of nitrogens with one attached hydrogen (secondary N) is 1. The van der Waals surface area contributed by atoms with E-state index in [1.165, 1.54) is 23.9 Å². The van der Waals surface area contributed by atoms with E-state index in [1.54, 1.807) is 24.5 Å². The first-order chi connectivity index (χ1) is 12.5. The van der Waals surface area contributed by atoms with Crippen LogP contribution in [0.3, 0.4) is 0 Å². The van der Waals surface area contributed by atoms with Crippen molar-refractivity contribution in [2.45, 2.75) is 10.9 Å². The first kappa shape index (κ1) is 18.7. The van der Waals surface area contributed by atoms with Gasteiger partial charge in [-0.3, -0.25) is 4.79 Å². The Balaban J connectivity index is 1.74. The molecule has 1 aromatic heterocycles. The molecular weight excluding hydrogens is 417 g/mol. The lowest BCUT2D eigenvalue weighted by atomic mass is 10.1. The van der Waals surface area contributed by atoms with E-state index in [4.69, 9.17) is 0 Å². The minimum absolute atomic E-state index is 0.143. The maximum Gasteiger partial charge on any atom is 0.231 e. The molecule has 0 saturated carbocycles. The zero-order valence-corrected chi connectivity index (χ0v) is 16.4. The fraction of sp³-hybridized carbons (Fsp3) is 0.158. The van der Waals surface area contributed by atoms with Crippen LogP contribution in [0.4, 0.5) is 4.39 Å². The second-order valence-corrected chi connectivity index (χ2v) is 7.66. The van der Waals surface area contributed by atoms with Crippen molar-refractivity contribution < 1.29 is 9.18 Å². The number of hydrogen-bond acceptors (Lipinski definition) is 3. The summed E-state index contributed by atoms with van der Waals surface area (Å²) in [6, 6.07) is 13.5. The van der Waals surface area contributed by atoms with Crippen LogP contribution in [-0.2, 0) is 11.8 Å². The topological polar surface area (TPSA) is 46.9 Å². The molecule has 1 heterocycles. The molecule has 1 amide bonds. The molecule has 3 rings (SSSR count). The lowest BCUT2D eigenvalue weighted by Crippen LogP contribution is -2.32. The van der Waals surface area contributed by atoms with Gasteiger partial charge in [-0.2, -0.15) is 0 Å². The predicted octanol–water partition coefficient (Wildman–Crippen LogP) is 4.32.